The minimum atomic E-state index is 0.157. The van der Waals surface area contributed by atoms with Crippen molar-refractivity contribution in [2.45, 2.75) is 12.8 Å². The maximum atomic E-state index is 13.0. The van der Waals surface area contributed by atoms with Crippen molar-refractivity contribution in [2.24, 2.45) is 11.8 Å². The van der Waals surface area contributed by atoms with Crippen molar-refractivity contribution in [3.05, 3.63) is 60.4 Å². The van der Waals surface area contributed by atoms with E-state index in [1.54, 1.807) is 0 Å². The molecule has 2 aliphatic rings. The molecule has 0 saturated carbocycles. The van der Waals surface area contributed by atoms with Crippen molar-refractivity contribution in [3.63, 3.8) is 0 Å². The van der Waals surface area contributed by atoms with E-state index < -0.39 is 0 Å². The van der Waals surface area contributed by atoms with E-state index in [1.165, 1.54) is 0 Å². The fraction of sp³-hybridized carbons (Fsp3) is 0.364. The van der Waals surface area contributed by atoms with Gasteiger partial charge < -0.3 is 10.2 Å². The van der Waals surface area contributed by atoms with Crippen LogP contribution in [0.1, 0.15) is 23.2 Å². The third-order valence-corrected chi connectivity index (χ3v) is 6.15. The lowest BCUT2D eigenvalue weighted by atomic mass is 9.92. The zero-order chi connectivity index (χ0) is 18.2. The van der Waals surface area contributed by atoms with Crippen LogP contribution in [0.5, 0.6) is 0 Å². The first-order valence-corrected chi connectivity index (χ1v) is 9.82. The van der Waals surface area contributed by atoms with Crippen LogP contribution in [-0.2, 0) is 0 Å². The molecule has 0 radical (unpaired) electrons. The molecular formula is C22H24N4O. The molecule has 5 heteroatoms. The number of aromatic nitrogens is 2. The summed E-state index contributed by atoms with van der Waals surface area (Å²) < 4.78 is 2.06. The summed E-state index contributed by atoms with van der Waals surface area (Å²) in [5.74, 6) is 1.63. The van der Waals surface area contributed by atoms with Gasteiger partial charge in [-0.2, -0.15) is 0 Å². The van der Waals surface area contributed by atoms with Gasteiger partial charge in [-0.05, 0) is 74.2 Å². The number of nitrogens with one attached hydrogen (secondary N) is 1. The SMILES string of the molecule is O=C(c1ccc(-n2cnc3ccccc32)cc1)N1CC[C@@H]2CNC[C@@H]2CC1. The first kappa shape index (κ1) is 16.5. The smallest absolute Gasteiger partial charge is 0.253 e. The molecule has 5 rings (SSSR count). The van der Waals surface area contributed by atoms with Gasteiger partial charge in [0, 0.05) is 24.3 Å². The average molecular weight is 360 g/mol. The van der Waals surface area contributed by atoms with Crippen molar-refractivity contribution in [2.75, 3.05) is 26.2 Å². The Hall–Kier alpha value is -2.66. The van der Waals surface area contributed by atoms with E-state index in [2.05, 4.69) is 20.9 Å². The summed E-state index contributed by atoms with van der Waals surface area (Å²) in [6, 6.07) is 16.0. The summed E-state index contributed by atoms with van der Waals surface area (Å²) in [6.45, 7) is 3.96. The zero-order valence-corrected chi connectivity index (χ0v) is 15.3. The van der Waals surface area contributed by atoms with E-state index in [-0.39, 0.29) is 5.91 Å². The summed E-state index contributed by atoms with van der Waals surface area (Å²) in [7, 11) is 0. The molecule has 3 aromatic rings. The van der Waals surface area contributed by atoms with Crippen LogP contribution in [-0.4, -0.2) is 46.5 Å². The van der Waals surface area contributed by atoms with Gasteiger partial charge in [-0.3, -0.25) is 9.36 Å². The fourth-order valence-corrected chi connectivity index (χ4v) is 4.53. The lowest BCUT2D eigenvalue weighted by Crippen LogP contribution is -2.32. The summed E-state index contributed by atoms with van der Waals surface area (Å²) in [6.07, 6.45) is 4.06. The molecule has 5 nitrogen and oxygen atoms in total. The Balaban J connectivity index is 1.35. The summed E-state index contributed by atoms with van der Waals surface area (Å²) in [5.41, 5.74) is 3.84. The minimum Gasteiger partial charge on any atom is -0.339 e. The molecule has 138 valence electrons. The number of para-hydroxylation sites is 2. The van der Waals surface area contributed by atoms with Gasteiger partial charge in [0.05, 0.1) is 11.0 Å². The minimum absolute atomic E-state index is 0.157. The lowest BCUT2D eigenvalue weighted by molar-refractivity contribution is 0.0758. The van der Waals surface area contributed by atoms with Crippen molar-refractivity contribution >= 4 is 16.9 Å². The standard InChI is InChI=1S/C22H24N4O/c27-22(25-11-9-17-13-23-14-18(17)10-12-25)16-5-7-19(8-6-16)26-15-24-20-3-1-2-4-21(20)26/h1-8,15,17-18,23H,9-14H2/t17-,18+. The van der Waals surface area contributed by atoms with Crippen LogP contribution in [0.25, 0.3) is 16.7 Å². The second kappa shape index (κ2) is 6.82. The Kier molecular flexibility index (Phi) is 4.17. The monoisotopic (exact) mass is 360 g/mol. The predicted octanol–water partition coefficient (Wildman–Crippen LogP) is 3.10. The molecule has 27 heavy (non-hydrogen) atoms. The van der Waals surface area contributed by atoms with Crippen LogP contribution < -0.4 is 5.32 Å². The maximum Gasteiger partial charge on any atom is 0.253 e. The lowest BCUT2D eigenvalue weighted by Gasteiger charge is -2.21. The third-order valence-electron chi connectivity index (χ3n) is 6.15. The molecule has 0 unspecified atom stereocenters. The zero-order valence-electron chi connectivity index (χ0n) is 15.3. The Morgan fingerprint density at radius 2 is 1.67 bits per heavy atom. The Morgan fingerprint density at radius 1 is 0.963 bits per heavy atom. The molecule has 1 N–H and O–H groups in total. The van der Waals surface area contributed by atoms with E-state index >= 15 is 0 Å². The Bertz CT molecular complexity index is 948. The maximum absolute atomic E-state index is 13.0. The Labute approximate surface area is 159 Å². The molecule has 2 atom stereocenters. The molecule has 0 aliphatic carbocycles. The second-order valence-electron chi connectivity index (χ2n) is 7.70. The van der Waals surface area contributed by atoms with Crippen molar-refractivity contribution in [1.29, 1.82) is 0 Å². The molecular weight excluding hydrogens is 336 g/mol. The first-order chi connectivity index (χ1) is 13.3. The van der Waals surface area contributed by atoms with Crippen LogP contribution in [0.2, 0.25) is 0 Å². The number of amides is 1. The van der Waals surface area contributed by atoms with Gasteiger partial charge in [-0.25, -0.2) is 4.98 Å². The highest BCUT2D eigenvalue weighted by molar-refractivity contribution is 5.94. The van der Waals surface area contributed by atoms with E-state index in [0.717, 1.165) is 73.1 Å². The molecule has 1 aromatic heterocycles. The van der Waals surface area contributed by atoms with Gasteiger partial charge in [0.1, 0.15) is 6.33 Å². The van der Waals surface area contributed by atoms with Gasteiger partial charge in [0.15, 0.2) is 0 Å². The number of hydrogen-bond donors (Lipinski definition) is 1. The van der Waals surface area contributed by atoms with Gasteiger partial charge in [0.2, 0.25) is 0 Å². The highest BCUT2D eigenvalue weighted by Crippen LogP contribution is 2.28. The second-order valence-corrected chi connectivity index (χ2v) is 7.70. The molecule has 2 aromatic carbocycles. The van der Waals surface area contributed by atoms with Crippen LogP contribution in [0.15, 0.2) is 54.9 Å². The van der Waals surface area contributed by atoms with Crippen LogP contribution in [0.4, 0.5) is 0 Å². The van der Waals surface area contributed by atoms with Crippen LogP contribution in [0, 0.1) is 11.8 Å². The van der Waals surface area contributed by atoms with E-state index in [9.17, 15) is 4.79 Å². The number of fused-ring (bicyclic) bond motifs is 2. The fourth-order valence-electron chi connectivity index (χ4n) is 4.53. The van der Waals surface area contributed by atoms with Crippen molar-refractivity contribution < 1.29 is 4.79 Å². The highest BCUT2D eigenvalue weighted by atomic mass is 16.2. The molecule has 2 saturated heterocycles. The number of likely N-dealkylation sites (tertiary alicyclic amines) is 1. The van der Waals surface area contributed by atoms with E-state index in [0.29, 0.717) is 0 Å². The van der Waals surface area contributed by atoms with Crippen molar-refractivity contribution in [1.82, 2.24) is 19.8 Å². The van der Waals surface area contributed by atoms with Crippen LogP contribution >= 0.6 is 0 Å². The number of carbonyl (C=O) groups excluding carboxylic acids is 1. The predicted molar refractivity (Wildman–Crippen MR) is 106 cm³/mol. The van der Waals surface area contributed by atoms with Crippen molar-refractivity contribution in [3.8, 4) is 5.69 Å². The largest absolute Gasteiger partial charge is 0.339 e. The Morgan fingerprint density at radius 3 is 2.41 bits per heavy atom. The van der Waals surface area contributed by atoms with Gasteiger partial charge >= 0.3 is 0 Å². The number of imidazole rings is 1. The molecule has 3 heterocycles. The first-order valence-electron chi connectivity index (χ1n) is 9.82. The number of rotatable bonds is 2. The molecule has 1 amide bonds. The van der Waals surface area contributed by atoms with E-state index in [1.807, 2.05) is 53.7 Å². The normalized spacial score (nSPS) is 22.6. The summed E-state index contributed by atoms with van der Waals surface area (Å²) >= 11 is 0. The van der Waals surface area contributed by atoms with E-state index in [4.69, 9.17) is 0 Å². The molecule has 2 aliphatic heterocycles. The summed E-state index contributed by atoms with van der Waals surface area (Å²) in [4.78, 5) is 19.5. The van der Waals surface area contributed by atoms with Gasteiger partial charge in [-0.1, -0.05) is 12.1 Å². The molecule has 2 fully saturated rings. The number of nitrogens with zero attached hydrogens (tertiary/aromatic N) is 3. The summed E-state index contributed by atoms with van der Waals surface area (Å²) in [5, 5.41) is 3.49. The molecule has 0 bridgehead atoms. The number of benzene rings is 2. The number of hydrogen-bond acceptors (Lipinski definition) is 3. The average Bonchev–Trinajstić information content (AvgIpc) is 3.30. The third kappa shape index (κ3) is 3.02. The quantitative estimate of drug-likeness (QED) is 0.764. The van der Waals surface area contributed by atoms with Gasteiger partial charge in [0.25, 0.3) is 5.91 Å². The topological polar surface area (TPSA) is 50.2 Å². The molecule has 0 spiro atoms. The van der Waals surface area contributed by atoms with Crippen LogP contribution in [0.3, 0.4) is 0 Å². The highest BCUT2D eigenvalue weighted by Gasteiger charge is 2.31. The van der Waals surface area contributed by atoms with Gasteiger partial charge in [-0.15, -0.1) is 0 Å². The number of carbonyl (C=O) groups is 1.